The zero-order chi connectivity index (χ0) is 46.0. The Labute approximate surface area is 385 Å². The Kier molecular flexibility index (Phi) is 19.2. The van der Waals surface area contributed by atoms with E-state index >= 15 is 4.79 Å². The summed E-state index contributed by atoms with van der Waals surface area (Å²) in [6.07, 6.45) is 20.1. The number of benzene rings is 3. The van der Waals surface area contributed by atoms with Gasteiger partial charge in [-0.25, -0.2) is 4.39 Å². The van der Waals surface area contributed by atoms with Gasteiger partial charge in [-0.1, -0.05) is 113 Å². The average Bonchev–Trinajstić information content (AvgIpc) is 3.31. The number of aliphatic hydroxyl groups excluding tert-OH is 2. The summed E-state index contributed by atoms with van der Waals surface area (Å²) in [6, 6.07) is 18.4. The largest absolute Gasteiger partial charge is 0.459 e. The van der Waals surface area contributed by atoms with Gasteiger partial charge in [-0.3, -0.25) is 9.59 Å². The number of hydrogen-bond donors (Lipinski definition) is 2. The number of fused-ring (bicyclic) bond motifs is 2. The minimum atomic E-state index is -1.43. The number of carbonyl (C=O) groups is 2. The van der Waals surface area contributed by atoms with Crippen LogP contribution >= 0.6 is 0 Å². The lowest BCUT2D eigenvalue weighted by Crippen LogP contribution is -2.70. The monoisotopic (exact) mass is 895 g/mol. The Morgan fingerprint density at radius 1 is 0.908 bits per heavy atom. The highest BCUT2D eigenvalue weighted by molar-refractivity contribution is 6.03. The van der Waals surface area contributed by atoms with Crippen LogP contribution in [0.5, 0.6) is 17.2 Å². The molecular formula is C54H71FN2O8. The van der Waals surface area contributed by atoms with Crippen molar-refractivity contribution in [2.45, 2.75) is 140 Å². The number of amides is 1. The normalized spacial score (nSPS) is 22.6. The summed E-state index contributed by atoms with van der Waals surface area (Å²) in [7, 11) is 1.54. The molecule has 0 aromatic heterocycles. The minimum Gasteiger partial charge on any atom is -0.459 e. The predicted octanol–water partition coefficient (Wildman–Crippen LogP) is 11.6. The molecule has 0 unspecified atom stereocenters. The van der Waals surface area contributed by atoms with Crippen LogP contribution in [0.4, 0.5) is 4.39 Å². The number of carbonyl (C=O) groups excluding carboxylic acids is 2. The number of oxime groups is 1. The SMILES string of the molecule is C=CCO[C@@]12Oc3ccc(Oc4cccc(C=O)c4)cc3[C@H]3[C@H](CCCCO)[C@@H](CCCCO)C=C(C(=NOC)C[C@@H]1N(Cc1ccc(F)cc1)C(=O)CCCCCCCCCCC)[C@H]32. The summed E-state index contributed by atoms with van der Waals surface area (Å²) >= 11 is 0. The molecule has 1 saturated carbocycles. The van der Waals surface area contributed by atoms with Crippen molar-refractivity contribution in [3.8, 4) is 17.2 Å². The molecule has 1 heterocycles. The van der Waals surface area contributed by atoms with Gasteiger partial charge in [-0.2, -0.15) is 0 Å². The Hall–Kier alpha value is -4.84. The predicted molar refractivity (Wildman–Crippen MR) is 253 cm³/mol. The van der Waals surface area contributed by atoms with Crippen LogP contribution < -0.4 is 9.47 Å². The van der Waals surface area contributed by atoms with Crippen LogP contribution in [0.2, 0.25) is 0 Å². The maximum atomic E-state index is 15.0. The third-order valence-electron chi connectivity index (χ3n) is 13.5. The van der Waals surface area contributed by atoms with E-state index in [1.165, 1.54) is 51.3 Å². The molecule has 0 bridgehead atoms. The number of hydrogen-bond acceptors (Lipinski definition) is 9. The average molecular weight is 895 g/mol. The van der Waals surface area contributed by atoms with Crippen LogP contribution in [0.25, 0.3) is 0 Å². The molecule has 2 aliphatic carbocycles. The van der Waals surface area contributed by atoms with E-state index in [2.05, 4.69) is 19.6 Å². The van der Waals surface area contributed by atoms with Crippen LogP contribution in [0.1, 0.15) is 143 Å². The molecule has 6 rings (SSSR count). The van der Waals surface area contributed by atoms with E-state index in [4.69, 9.17) is 24.2 Å². The second-order valence-corrected chi connectivity index (χ2v) is 18.0. The van der Waals surface area contributed by atoms with Crippen molar-refractivity contribution in [3.63, 3.8) is 0 Å². The number of allylic oxidation sites excluding steroid dienone is 1. The molecule has 3 aromatic carbocycles. The number of halogens is 1. The zero-order valence-electron chi connectivity index (χ0n) is 38.6. The van der Waals surface area contributed by atoms with Crippen molar-refractivity contribution in [2.24, 2.45) is 22.9 Å². The number of unbranched alkanes of at least 4 members (excludes halogenated alkanes) is 10. The first-order valence-corrected chi connectivity index (χ1v) is 24.2. The van der Waals surface area contributed by atoms with Gasteiger partial charge in [0.2, 0.25) is 11.7 Å². The fourth-order valence-electron chi connectivity index (χ4n) is 10.5. The molecule has 3 aliphatic rings. The molecule has 1 aliphatic heterocycles. The molecule has 0 radical (unpaired) electrons. The van der Waals surface area contributed by atoms with Gasteiger partial charge in [0.15, 0.2) is 0 Å². The highest BCUT2D eigenvalue weighted by Crippen LogP contribution is 2.62. The van der Waals surface area contributed by atoms with Gasteiger partial charge >= 0.3 is 0 Å². The Morgan fingerprint density at radius 3 is 2.31 bits per heavy atom. The summed E-state index contributed by atoms with van der Waals surface area (Å²) in [6.45, 7) is 6.79. The topological polar surface area (TPSA) is 127 Å². The molecule has 352 valence electrons. The number of aliphatic hydroxyl groups is 2. The van der Waals surface area contributed by atoms with Crippen molar-refractivity contribution in [2.75, 3.05) is 26.9 Å². The van der Waals surface area contributed by atoms with Crippen molar-refractivity contribution in [1.29, 1.82) is 0 Å². The van der Waals surface area contributed by atoms with E-state index in [0.29, 0.717) is 47.8 Å². The molecule has 2 N–H and O–H groups in total. The van der Waals surface area contributed by atoms with E-state index in [9.17, 15) is 19.4 Å². The molecule has 0 saturated heterocycles. The maximum absolute atomic E-state index is 15.0. The van der Waals surface area contributed by atoms with Gasteiger partial charge in [-0.05, 0) is 97.5 Å². The summed E-state index contributed by atoms with van der Waals surface area (Å²) in [5.41, 5.74) is 3.84. The summed E-state index contributed by atoms with van der Waals surface area (Å²) < 4.78 is 35.3. The lowest BCUT2D eigenvalue weighted by atomic mass is 9.55. The van der Waals surface area contributed by atoms with E-state index in [-0.39, 0.29) is 62.3 Å². The van der Waals surface area contributed by atoms with Gasteiger partial charge in [0, 0.05) is 49.6 Å². The first-order valence-electron chi connectivity index (χ1n) is 24.2. The fraction of sp³-hybridized carbons (Fsp3) is 0.537. The second kappa shape index (κ2) is 25.2. The summed E-state index contributed by atoms with van der Waals surface area (Å²) in [5.74, 6) is -0.750. The molecular weight excluding hydrogens is 824 g/mol. The quantitative estimate of drug-likeness (QED) is 0.0319. The number of nitrogens with zero attached hydrogens (tertiary/aromatic N) is 2. The highest BCUT2D eigenvalue weighted by atomic mass is 19.1. The molecule has 3 aromatic rings. The van der Waals surface area contributed by atoms with Crippen molar-refractivity contribution in [3.05, 3.63) is 114 Å². The van der Waals surface area contributed by atoms with E-state index in [1.807, 2.05) is 29.2 Å². The third kappa shape index (κ3) is 12.5. The third-order valence-corrected chi connectivity index (χ3v) is 13.5. The van der Waals surface area contributed by atoms with Crippen molar-refractivity contribution in [1.82, 2.24) is 4.90 Å². The van der Waals surface area contributed by atoms with Crippen LogP contribution in [-0.4, -0.2) is 71.8 Å². The van der Waals surface area contributed by atoms with E-state index < -0.39 is 17.7 Å². The molecule has 10 nitrogen and oxygen atoms in total. The Balaban J connectivity index is 1.49. The minimum absolute atomic E-state index is 0.0303. The van der Waals surface area contributed by atoms with Gasteiger partial charge in [0.25, 0.3) is 0 Å². The van der Waals surface area contributed by atoms with Crippen LogP contribution in [0.3, 0.4) is 0 Å². The van der Waals surface area contributed by atoms with Crippen LogP contribution in [-0.2, 0) is 20.9 Å². The number of ether oxygens (including phenoxy) is 3. The maximum Gasteiger partial charge on any atom is 0.239 e. The van der Waals surface area contributed by atoms with Gasteiger partial charge < -0.3 is 34.2 Å². The van der Waals surface area contributed by atoms with Gasteiger partial charge in [0.1, 0.15) is 42.5 Å². The van der Waals surface area contributed by atoms with Crippen LogP contribution in [0, 0.1) is 23.6 Å². The van der Waals surface area contributed by atoms with Crippen LogP contribution in [0.15, 0.2) is 96.2 Å². The smallest absolute Gasteiger partial charge is 0.239 e. The molecule has 11 heteroatoms. The highest BCUT2D eigenvalue weighted by Gasteiger charge is 2.65. The molecule has 1 amide bonds. The molecule has 0 spiro atoms. The standard InChI is InChI=1S/C54H71FN2O8/c1-4-6-7-8-9-10-11-12-13-23-51(61)57(37-39-24-26-42(55)27-25-39)50-36-48(56-62-3)46-34-41(20-14-16-30-58)45(22-15-17-31-59)52-47-35-44(64-43-21-18-19-40(33-43)38-60)28-29-49(47)65-54(50,53(46)52)63-32-5-2/h5,18-19,21,24-29,33-35,38,41,45,50,52-53,58-59H,2,4,6-17,20,22-23,30-32,36-37H2,1,3H3/t41-,45+,50-,52+,53+,54+/m0/s1. The van der Waals surface area contributed by atoms with E-state index in [1.54, 1.807) is 36.4 Å². The first kappa shape index (κ1) is 49.6. The van der Waals surface area contributed by atoms with Gasteiger partial charge in [-0.15, -0.1) is 6.58 Å². The molecule has 1 fully saturated rings. The number of aldehydes is 1. The van der Waals surface area contributed by atoms with Gasteiger partial charge in [0.05, 0.1) is 18.2 Å². The van der Waals surface area contributed by atoms with E-state index in [0.717, 1.165) is 74.4 Å². The lowest BCUT2D eigenvalue weighted by Gasteiger charge is -2.60. The van der Waals surface area contributed by atoms with Crippen molar-refractivity contribution < 1.29 is 43.2 Å². The molecule has 6 atom stereocenters. The number of rotatable bonds is 28. The summed E-state index contributed by atoms with van der Waals surface area (Å²) in [5, 5.41) is 24.6. The first-order chi connectivity index (χ1) is 31.8. The van der Waals surface area contributed by atoms with Crippen molar-refractivity contribution >= 4 is 17.9 Å². The lowest BCUT2D eigenvalue weighted by molar-refractivity contribution is -0.258. The second-order valence-electron chi connectivity index (χ2n) is 18.0. The fourth-order valence-corrected chi connectivity index (χ4v) is 10.5. The Bertz CT molecular complexity index is 2050. The zero-order valence-corrected chi connectivity index (χ0v) is 38.6. The molecule has 65 heavy (non-hydrogen) atoms. The summed E-state index contributed by atoms with van der Waals surface area (Å²) in [4.78, 5) is 34.2. The Morgan fingerprint density at radius 2 is 1.62 bits per heavy atom.